The van der Waals surface area contributed by atoms with Crippen molar-refractivity contribution in [1.82, 2.24) is 4.90 Å². The molecule has 0 bridgehead atoms. The lowest BCUT2D eigenvalue weighted by atomic mass is 10.3. The first kappa shape index (κ1) is 11.9. The molecule has 0 spiro atoms. The van der Waals surface area contributed by atoms with Crippen LogP contribution in [0.25, 0.3) is 0 Å². The Labute approximate surface area is 87.4 Å². The van der Waals surface area contributed by atoms with Gasteiger partial charge in [-0.3, -0.25) is 9.59 Å². The van der Waals surface area contributed by atoms with Gasteiger partial charge in [-0.2, -0.15) is 0 Å². The van der Waals surface area contributed by atoms with Crippen LogP contribution in [0.1, 0.15) is 12.8 Å². The summed E-state index contributed by atoms with van der Waals surface area (Å²) in [6, 6.07) is 0. The summed E-state index contributed by atoms with van der Waals surface area (Å²) in [5.74, 6) is -1.25. The van der Waals surface area contributed by atoms with Crippen LogP contribution in [0.4, 0.5) is 0 Å². The molecule has 1 rings (SSSR count). The van der Waals surface area contributed by atoms with Gasteiger partial charge in [-0.1, -0.05) is 0 Å². The van der Waals surface area contributed by atoms with Gasteiger partial charge >= 0.3 is 5.97 Å². The van der Waals surface area contributed by atoms with E-state index in [0.717, 1.165) is 0 Å². The fraction of sp³-hybridized carbons (Fsp3) is 0.778. The van der Waals surface area contributed by atoms with E-state index in [1.807, 2.05) is 0 Å². The number of aliphatic carboxylic acids is 1. The number of β-amino-alcohol motifs (C(OH)–C–C–N with tert-alkyl or cyclic N) is 1. The number of carbonyl (C=O) groups is 2. The van der Waals surface area contributed by atoms with Crippen molar-refractivity contribution < 1.29 is 24.5 Å². The highest BCUT2D eigenvalue weighted by Crippen LogP contribution is 2.14. The number of aliphatic hydroxyl groups is 1. The highest BCUT2D eigenvalue weighted by atomic mass is 16.5. The van der Waals surface area contributed by atoms with Gasteiger partial charge in [-0.15, -0.1) is 0 Å². The number of likely N-dealkylation sites (tertiary alicyclic amines) is 1. The molecule has 0 saturated carbocycles. The van der Waals surface area contributed by atoms with E-state index in [1.54, 1.807) is 0 Å². The summed E-state index contributed by atoms with van der Waals surface area (Å²) in [7, 11) is 1.47. The first-order valence-electron chi connectivity index (χ1n) is 4.75. The fourth-order valence-corrected chi connectivity index (χ4v) is 1.56. The number of aliphatic hydroxyl groups excluding tert-OH is 1. The maximum Gasteiger partial charge on any atom is 0.303 e. The largest absolute Gasteiger partial charge is 0.481 e. The van der Waals surface area contributed by atoms with E-state index in [9.17, 15) is 14.7 Å². The van der Waals surface area contributed by atoms with E-state index in [0.29, 0.717) is 6.54 Å². The van der Waals surface area contributed by atoms with Gasteiger partial charge in [0.15, 0.2) is 0 Å². The molecule has 0 radical (unpaired) electrons. The summed E-state index contributed by atoms with van der Waals surface area (Å²) >= 11 is 0. The lowest BCUT2D eigenvalue weighted by Crippen LogP contribution is -2.30. The summed E-state index contributed by atoms with van der Waals surface area (Å²) < 4.78 is 4.97. The van der Waals surface area contributed by atoms with Crippen LogP contribution in [0.2, 0.25) is 0 Å². The summed E-state index contributed by atoms with van der Waals surface area (Å²) in [5, 5.41) is 17.9. The molecule has 0 aromatic heterocycles. The third-order valence-corrected chi connectivity index (χ3v) is 2.45. The molecule has 6 nitrogen and oxygen atoms in total. The molecule has 0 aliphatic carbocycles. The fourth-order valence-electron chi connectivity index (χ4n) is 1.56. The molecule has 15 heavy (non-hydrogen) atoms. The Bertz CT molecular complexity index is 255. The predicted molar refractivity (Wildman–Crippen MR) is 50.3 cm³/mol. The zero-order chi connectivity index (χ0) is 11.4. The molecule has 0 unspecified atom stereocenters. The Balaban J connectivity index is 2.39. The first-order valence-corrected chi connectivity index (χ1v) is 4.75. The standard InChI is InChI=1S/C9H15NO5/c1-15-7-5-10(4-6(7)11)8(12)2-3-9(13)14/h6-7,11H,2-5H2,1H3,(H,13,14)/t6-,7+/m1/s1. The van der Waals surface area contributed by atoms with Crippen LogP contribution in [-0.4, -0.2) is 59.4 Å². The van der Waals surface area contributed by atoms with Crippen LogP contribution in [0.5, 0.6) is 0 Å². The van der Waals surface area contributed by atoms with Crippen molar-refractivity contribution in [3.05, 3.63) is 0 Å². The number of carboxylic acid groups (broad SMARTS) is 1. The highest BCUT2D eigenvalue weighted by Gasteiger charge is 2.33. The zero-order valence-corrected chi connectivity index (χ0v) is 8.55. The van der Waals surface area contributed by atoms with Crippen LogP contribution in [0.15, 0.2) is 0 Å². The zero-order valence-electron chi connectivity index (χ0n) is 8.55. The van der Waals surface area contributed by atoms with E-state index < -0.39 is 12.1 Å². The third kappa shape index (κ3) is 3.17. The molecule has 1 saturated heterocycles. The molecule has 1 fully saturated rings. The number of nitrogens with zero attached hydrogens (tertiary/aromatic N) is 1. The molecule has 1 aliphatic heterocycles. The number of rotatable bonds is 4. The second-order valence-electron chi connectivity index (χ2n) is 3.53. The van der Waals surface area contributed by atoms with Crippen LogP contribution in [0.3, 0.4) is 0 Å². The molecular weight excluding hydrogens is 202 g/mol. The Morgan fingerprint density at radius 1 is 1.40 bits per heavy atom. The average molecular weight is 217 g/mol. The van der Waals surface area contributed by atoms with Gasteiger partial charge in [0.1, 0.15) is 6.10 Å². The maximum absolute atomic E-state index is 11.5. The Kier molecular flexibility index (Phi) is 4.05. The quantitative estimate of drug-likeness (QED) is 0.635. The minimum Gasteiger partial charge on any atom is -0.481 e. The van der Waals surface area contributed by atoms with Crippen LogP contribution in [-0.2, 0) is 14.3 Å². The highest BCUT2D eigenvalue weighted by molar-refractivity contribution is 5.81. The van der Waals surface area contributed by atoms with Crippen molar-refractivity contribution in [2.24, 2.45) is 0 Å². The number of ether oxygens (including phenoxy) is 1. The average Bonchev–Trinajstić information content (AvgIpc) is 2.56. The molecule has 0 aromatic rings. The van der Waals surface area contributed by atoms with Gasteiger partial charge in [0.2, 0.25) is 5.91 Å². The monoisotopic (exact) mass is 217 g/mol. The van der Waals surface area contributed by atoms with Crippen molar-refractivity contribution in [3.63, 3.8) is 0 Å². The van der Waals surface area contributed by atoms with Gasteiger partial charge < -0.3 is 19.8 Å². The molecular formula is C9H15NO5. The molecule has 6 heteroatoms. The summed E-state index contributed by atoms with van der Waals surface area (Å²) in [5.41, 5.74) is 0. The lowest BCUT2D eigenvalue weighted by Gasteiger charge is -2.14. The molecule has 2 N–H and O–H groups in total. The minimum absolute atomic E-state index is 0.0293. The number of methoxy groups -OCH3 is 1. The minimum atomic E-state index is -0.994. The molecule has 1 aliphatic rings. The molecule has 86 valence electrons. The second kappa shape index (κ2) is 5.09. The van der Waals surface area contributed by atoms with E-state index in [-0.39, 0.29) is 31.4 Å². The van der Waals surface area contributed by atoms with Crippen LogP contribution in [0, 0.1) is 0 Å². The van der Waals surface area contributed by atoms with Gasteiger partial charge in [0.25, 0.3) is 0 Å². The third-order valence-electron chi connectivity index (χ3n) is 2.45. The van der Waals surface area contributed by atoms with Crippen LogP contribution >= 0.6 is 0 Å². The summed E-state index contributed by atoms with van der Waals surface area (Å²) in [4.78, 5) is 23.1. The molecule has 1 amide bonds. The SMILES string of the molecule is CO[C@H]1CN(C(=O)CCC(=O)O)C[C@H]1O. The lowest BCUT2D eigenvalue weighted by molar-refractivity contribution is -0.140. The van der Waals surface area contributed by atoms with Crippen molar-refractivity contribution in [2.45, 2.75) is 25.0 Å². The predicted octanol–water partition coefficient (Wildman–Crippen LogP) is -0.931. The van der Waals surface area contributed by atoms with Crippen molar-refractivity contribution in [3.8, 4) is 0 Å². The van der Waals surface area contributed by atoms with Gasteiger partial charge in [-0.25, -0.2) is 0 Å². The number of hydrogen-bond donors (Lipinski definition) is 2. The van der Waals surface area contributed by atoms with Gasteiger partial charge in [0, 0.05) is 26.6 Å². The van der Waals surface area contributed by atoms with E-state index >= 15 is 0 Å². The van der Waals surface area contributed by atoms with E-state index in [4.69, 9.17) is 9.84 Å². The summed E-state index contributed by atoms with van der Waals surface area (Å²) in [6.45, 7) is 0.549. The molecule has 0 aromatic carbocycles. The smallest absolute Gasteiger partial charge is 0.303 e. The normalized spacial score (nSPS) is 25.6. The second-order valence-corrected chi connectivity index (χ2v) is 3.53. The Morgan fingerprint density at radius 3 is 2.53 bits per heavy atom. The molecule has 2 atom stereocenters. The summed E-state index contributed by atoms with van der Waals surface area (Å²) in [6.07, 6.45) is -1.25. The number of amides is 1. The number of carbonyl (C=O) groups excluding carboxylic acids is 1. The number of carboxylic acids is 1. The van der Waals surface area contributed by atoms with Crippen LogP contribution < -0.4 is 0 Å². The van der Waals surface area contributed by atoms with E-state index in [1.165, 1.54) is 12.0 Å². The topological polar surface area (TPSA) is 87.1 Å². The molecule has 1 heterocycles. The first-order chi connectivity index (χ1) is 7.04. The van der Waals surface area contributed by atoms with Crippen molar-refractivity contribution in [2.75, 3.05) is 20.2 Å². The number of hydrogen-bond acceptors (Lipinski definition) is 4. The van der Waals surface area contributed by atoms with Crippen molar-refractivity contribution >= 4 is 11.9 Å². The van der Waals surface area contributed by atoms with E-state index in [2.05, 4.69) is 0 Å². The van der Waals surface area contributed by atoms with Gasteiger partial charge in [0.05, 0.1) is 12.5 Å². The maximum atomic E-state index is 11.5. The Hall–Kier alpha value is -1.14. The van der Waals surface area contributed by atoms with Crippen molar-refractivity contribution in [1.29, 1.82) is 0 Å². The Morgan fingerprint density at radius 2 is 2.07 bits per heavy atom. The van der Waals surface area contributed by atoms with Gasteiger partial charge in [-0.05, 0) is 0 Å².